The standard InChI is InChI=1S/C14H18BrNO3S/c1-14(8-9-20(18,19)10-14)16-13(17)7-6-11-4-2-3-5-12(11)15/h2-5H,6-10H2,1H3,(H,16,17)/t14-/m1/s1. The van der Waals surface area contributed by atoms with E-state index in [4.69, 9.17) is 0 Å². The Morgan fingerprint density at radius 2 is 2.10 bits per heavy atom. The summed E-state index contributed by atoms with van der Waals surface area (Å²) in [5.74, 6) is 0.106. The summed E-state index contributed by atoms with van der Waals surface area (Å²) in [6.45, 7) is 1.80. The second-order valence-corrected chi connectivity index (χ2v) is 8.58. The summed E-state index contributed by atoms with van der Waals surface area (Å²) in [5, 5.41) is 2.87. The number of aryl methyl sites for hydroxylation is 1. The van der Waals surface area contributed by atoms with Crippen molar-refractivity contribution in [2.24, 2.45) is 0 Å². The first-order chi connectivity index (χ1) is 9.30. The van der Waals surface area contributed by atoms with Gasteiger partial charge in [-0.05, 0) is 31.4 Å². The van der Waals surface area contributed by atoms with Gasteiger partial charge in [0.25, 0.3) is 0 Å². The Morgan fingerprint density at radius 1 is 1.40 bits per heavy atom. The van der Waals surface area contributed by atoms with Gasteiger partial charge in [0.2, 0.25) is 5.91 Å². The van der Waals surface area contributed by atoms with Gasteiger partial charge in [-0.25, -0.2) is 8.42 Å². The van der Waals surface area contributed by atoms with Crippen LogP contribution in [0.25, 0.3) is 0 Å². The van der Waals surface area contributed by atoms with Crippen molar-refractivity contribution in [1.82, 2.24) is 5.32 Å². The van der Waals surface area contributed by atoms with E-state index in [9.17, 15) is 13.2 Å². The molecule has 1 aromatic rings. The van der Waals surface area contributed by atoms with Crippen LogP contribution in [0.3, 0.4) is 0 Å². The molecule has 1 amide bonds. The topological polar surface area (TPSA) is 63.2 Å². The van der Waals surface area contributed by atoms with Crippen molar-refractivity contribution >= 4 is 31.7 Å². The van der Waals surface area contributed by atoms with Crippen molar-refractivity contribution in [3.63, 3.8) is 0 Å². The number of nitrogens with one attached hydrogen (secondary N) is 1. The van der Waals surface area contributed by atoms with Crippen LogP contribution in [0.4, 0.5) is 0 Å². The molecule has 0 saturated carbocycles. The number of benzene rings is 1. The lowest BCUT2D eigenvalue weighted by Gasteiger charge is -2.23. The summed E-state index contributed by atoms with van der Waals surface area (Å²) in [4.78, 5) is 12.0. The molecule has 1 heterocycles. The predicted octanol–water partition coefficient (Wildman–Crippen LogP) is 2.08. The summed E-state index contributed by atoms with van der Waals surface area (Å²) in [6.07, 6.45) is 1.49. The second kappa shape index (κ2) is 5.85. The number of hydrogen-bond donors (Lipinski definition) is 1. The molecule has 0 unspecified atom stereocenters. The van der Waals surface area contributed by atoms with E-state index < -0.39 is 15.4 Å². The normalized spacial score (nSPS) is 24.5. The summed E-state index contributed by atoms with van der Waals surface area (Å²) in [5.41, 5.74) is 0.468. The molecule has 1 fully saturated rings. The number of sulfone groups is 1. The molecule has 1 saturated heterocycles. The fourth-order valence-electron chi connectivity index (χ4n) is 2.46. The first-order valence-electron chi connectivity index (χ1n) is 6.55. The van der Waals surface area contributed by atoms with Gasteiger partial charge in [0.05, 0.1) is 17.0 Å². The Kier molecular flexibility index (Phi) is 4.54. The molecule has 0 aliphatic carbocycles. The minimum absolute atomic E-state index is 0.0424. The molecule has 1 atom stereocenters. The zero-order valence-corrected chi connectivity index (χ0v) is 13.8. The van der Waals surface area contributed by atoms with Gasteiger partial charge in [0.15, 0.2) is 9.84 Å². The van der Waals surface area contributed by atoms with Crippen LogP contribution in [0.15, 0.2) is 28.7 Å². The van der Waals surface area contributed by atoms with Crippen LogP contribution in [-0.2, 0) is 21.1 Å². The minimum atomic E-state index is -3.00. The van der Waals surface area contributed by atoms with E-state index in [0.717, 1.165) is 10.0 Å². The van der Waals surface area contributed by atoms with Gasteiger partial charge < -0.3 is 5.32 Å². The number of carbonyl (C=O) groups excluding carboxylic acids is 1. The summed E-state index contributed by atoms with van der Waals surface area (Å²) < 4.78 is 24.0. The van der Waals surface area contributed by atoms with Gasteiger partial charge >= 0.3 is 0 Å². The Balaban J connectivity index is 1.89. The highest BCUT2D eigenvalue weighted by Gasteiger charge is 2.39. The highest BCUT2D eigenvalue weighted by atomic mass is 79.9. The lowest BCUT2D eigenvalue weighted by molar-refractivity contribution is -0.122. The summed E-state index contributed by atoms with van der Waals surface area (Å²) >= 11 is 3.45. The van der Waals surface area contributed by atoms with E-state index in [1.54, 1.807) is 6.92 Å². The number of amides is 1. The average molecular weight is 360 g/mol. The third-order valence-corrected chi connectivity index (χ3v) is 6.20. The largest absolute Gasteiger partial charge is 0.350 e. The number of halogens is 1. The molecule has 1 aliphatic rings. The maximum atomic E-state index is 12.0. The number of hydrogen-bond acceptors (Lipinski definition) is 3. The SMILES string of the molecule is C[C@@]1(NC(=O)CCc2ccccc2Br)CCS(=O)(=O)C1. The molecule has 110 valence electrons. The lowest BCUT2D eigenvalue weighted by atomic mass is 10.0. The van der Waals surface area contributed by atoms with Gasteiger partial charge in [-0.2, -0.15) is 0 Å². The lowest BCUT2D eigenvalue weighted by Crippen LogP contribution is -2.47. The predicted molar refractivity (Wildman–Crippen MR) is 82.3 cm³/mol. The second-order valence-electron chi connectivity index (χ2n) is 5.54. The van der Waals surface area contributed by atoms with Crippen molar-refractivity contribution in [2.45, 2.75) is 31.7 Å². The first kappa shape index (κ1) is 15.5. The van der Waals surface area contributed by atoms with E-state index in [1.807, 2.05) is 24.3 Å². The molecule has 6 heteroatoms. The molecule has 0 radical (unpaired) electrons. The average Bonchev–Trinajstić information content (AvgIpc) is 2.62. The number of carbonyl (C=O) groups is 1. The molecule has 0 bridgehead atoms. The fourth-order valence-corrected chi connectivity index (χ4v) is 5.03. The number of rotatable bonds is 4. The van der Waals surface area contributed by atoms with E-state index in [2.05, 4.69) is 21.2 Å². The van der Waals surface area contributed by atoms with Crippen LogP contribution in [-0.4, -0.2) is 31.4 Å². The van der Waals surface area contributed by atoms with Crippen molar-refractivity contribution in [1.29, 1.82) is 0 Å². The van der Waals surface area contributed by atoms with E-state index >= 15 is 0 Å². The van der Waals surface area contributed by atoms with Crippen molar-refractivity contribution in [3.8, 4) is 0 Å². The highest BCUT2D eigenvalue weighted by Crippen LogP contribution is 2.23. The van der Waals surface area contributed by atoms with Gasteiger partial charge in [-0.15, -0.1) is 0 Å². The van der Waals surface area contributed by atoms with Crippen LogP contribution in [0.1, 0.15) is 25.3 Å². The van der Waals surface area contributed by atoms with Crippen LogP contribution < -0.4 is 5.32 Å². The van der Waals surface area contributed by atoms with Crippen molar-refractivity contribution in [3.05, 3.63) is 34.3 Å². The minimum Gasteiger partial charge on any atom is -0.350 e. The van der Waals surface area contributed by atoms with E-state index in [-0.39, 0.29) is 17.4 Å². The molecule has 1 aromatic carbocycles. The van der Waals surface area contributed by atoms with E-state index in [1.165, 1.54) is 0 Å². The highest BCUT2D eigenvalue weighted by molar-refractivity contribution is 9.10. The summed E-state index contributed by atoms with van der Waals surface area (Å²) in [7, 11) is -3.00. The van der Waals surface area contributed by atoms with Crippen molar-refractivity contribution < 1.29 is 13.2 Å². The quantitative estimate of drug-likeness (QED) is 0.894. The van der Waals surface area contributed by atoms with Gasteiger partial charge in [-0.1, -0.05) is 34.1 Å². The zero-order chi connectivity index (χ0) is 14.8. The van der Waals surface area contributed by atoms with E-state index in [0.29, 0.717) is 19.3 Å². The molecular weight excluding hydrogens is 342 g/mol. The molecule has 1 aliphatic heterocycles. The molecular formula is C14H18BrNO3S. The zero-order valence-electron chi connectivity index (χ0n) is 11.4. The molecule has 2 rings (SSSR count). The Morgan fingerprint density at radius 3 is 2.70 bits per heavy atom. The molecule has 4 nitrogen and oxygen atoms in total. The third kappa shape index (κ3) is 4.06. The van der Waals surface area contributed by atoms with Crippen LogP contribution in [0, 0.1) is 0 Å². The monoisotopic (exact) mass is 359 g/mol. The van der Waals surface area contributed by atoms with Gasteiger partial charge in [0, 0.05) is 10.9 Å². The maximum absolute atomic E-state index is 12.0. The first-order valence-corrected chi connectivity index (χ1v) is 9.16. The van der Waals surface area contributed by atoms with Gasteiger partial charge in [0.1, 0.15) is 0 Å². The fraction of sp³-hybridized carbons (Fsp3) is 0.500. The Bertz CT molecular complexity index is 615. The third-order valence-electron chi connectivity index (χ3n) is 3.52. The van der Waals surface area contributed by atoms with Crippen LogP contribution in [0.2, 0.25) is 0 Å². The maximum Gasteiger partial charge on any atom is 0.220 e. The molecule has 0 aromatic heterocycles. The Labute approximate surface area is 128 Å². The van der Waals surface area contributed by atoms with Crippen molar-refractivity contribution in [2.75, 3.05) is 11.5 Å². The van der Waals surface area contributed by atoms with Crippen LogP contribution >= 0.6 is 15.9 Å². The van der Waals surface area contributed by atoms with Gasteiger partial charge in [-0.3, -0.25) is 4.79 Å². The molecule has 20 heavy (non-hydrogen) atoms. The summed E-state index contributed by atoms with van der Waals surface area (Å²) in [6, 6.07) is 7.78. The molecule has 1 N–H and O–H groups in total. The Hall–Kier alpha value is -0.880. The van der Waals surface area contributed by atoms with Crippen LogP contribution in [0.5, 0.6) is 0 Å². The smallest absolute Gasteiger partial charge is 0.220 e. The molecule has 0 spiro atoms.